The van der Waals surface area contributed by atoms with Crippen LogP contribution in [0.25, 0.3) is 0 Å². The van der Waals surface area contributed by atoms with Crippen LogP contribution in [0.2, 0.25) is 0 Å². The second kappa shape index (κ2) is 6.24. The highest BCUT2D eigenvalue weighted by atomic mass is 32.2. The molecule has 0 saturated carbocycles. The number of amides is 1. The van der Waals surface area contributed by atoms with Crippen molar-refractivity contribution in [3.63, 3.8) is 0 Å². The molecule has 1 amide bonds. The van der Waals surface area contributed by atoms with Crippen molar-refractivity contribution < 1.29 is 13.2 Å². The SMILES string of the molecule is CCN(CC)C(=O)c1ccc(N[SH](=O)=O)cc1. The number of thiol groups is 1. The van der Waals surface area contributed by atoms with E-state index in [4.69, 9.17) is 0 Å². The van der Waals surface area contributed by atoms with E-state index in [2.05, 4.69) is 4.72 Å². The van der Waals surface area contributed by atoms with Gasteiger partial charge in [0, 0.05) is 24.3 Å². The van der Waals surface area contributed by atoms with Crippen molar-refractivity contribution in [3.8, 4) is 0 Å². The number of carbonyl (C=O) groups excluding carboxylic acids is 1. The van der Waals surface area contributed by atoms with Crippen LogP contribution in [-0.2, 0) is 10.9 Å². The van der Waals surface area contributed by atoms with Gasteiger partial charge in [-0.1, -0.05) is 0 Å². The summed E-state index contributed by atoms with van der Waals surface area (Å²) in [6, 6.07) is 6.37. The van der Waals surface area contributed by atoms with Crippen molar-refractivity contribution in [1.82, 2.24) is 4.90 Å². The summed E-state index contributed by atoms with van der Waals surface area (Å²) in [6.07, 6.45) is 0. The van der Waals surface area contributed by atoms with Crippen molar-refractivity contribution in [3.05, 3.63) is 29.8 Å². The van der Waals surface area contributed by atoms with Crippen LogP contribution in [0.15, 0.2) is 24.3 Å². The summed E-state index contributed by atoms with van der Waals surface area (Å²) in [7, 11) is -2.67. The Morgan fingerprint density at radius 3 is 2.12 bits per heavy atom. The topological polar surface area (TPSA) is 66.5 Å². The van der Waals surface area contributed by atoms with Gasteiger partial charge >= 0.3 is 0 Å². The second-order valence-corrected chi connectivity index (χ2v) is 4.16. The van der Waals surface area contributed by atoms with Gasteiger partial charge in [-0.2, -0.15) is 0 Å². The van der Waals surface area contributed by atoms with E-state index in [1.807, 2.05) is 13.8 Å². The van der Waals surface area contributed by atoms with E-state index >= 15 is 0 Å². The maximum Gasteiger partial charge on any atom is 0.253 e. The molecule has 17 heavy (non-hydrogen) atoms. The Kier molecular flexibility index (Phi) is 4.96. The van der Waals surface area contributed by atoms with Gasteiger partial charge in [-0.15, -0.1) is 0 Å². The Hall–Kier alpha value is -1.56. The van der Waals surface area contributed by atoms with E-state index in [1.54, 1.807) is 29.2 Å². The van der Waals surface area contributed by atoms with Gasteiger partial charge < -0.3 is 4.90 Å². The maximum absolute atomic E-state index is 11.9. The fourth-order valence-electron chi connectivity index (χ4n) is 1.49. The average Bonchev–Trinajstić information content (AvgIpc) is 2.30. The summed E-state index contributed by atoms with van der Waals surface area (Å²) in [5, 5.41) is 0. The molecule has 0 heterocycles. The van der Waals surface area contributed by atoms with E-state index < -0.39 is 10.9 Å². The van der Waals surface area contributed by atoms with Crippen molar-refractivity contribution in [1.29, 1.82) is 0 Å². The first kappa shape index (κ1) is 13.5. The number of nitrogens with zero attached hydrogens (tertiary/aromatic N) is 1. The highest BCUT2D eigenvalue weighted by Gasteiger charge is 2.11. The minimum absolute atomic E-state index is 0.0481. The Morgan fingerprint density at radius 1 is 1.18 bits per heavy atom. The van der Waals surface area contributed by atoms with E-state index in [0.717, 1.165) is 0 Å². The van der Waals surface area contributed by atoms with E-state index in [1.165, 1.54) is 0 Å². The molecule has 1 aromatic carbocycles. The lowest BCUT2D eigenvalue weighted by atomic mass is 10.2. The maximum atomic E-state index is 11.9. The first-order chi connectivity index (χ1) is 8.08. The molecule has 0 radical (unpaired) electrons. The monoisotopic (exact) mass is 256 g/mol. The third kappa shape index (κ3) is 3.74. The average molecular weight is 256 g/mol. The minimum Gasteiger partial charge on any atom is -0.339 e. The summed E-state index contributed by atoms with van der Waals surface area (Å²) >= 11 is 0. The first-order valence-electron chi connectivity index (χ1n) is 5.38. The van der Waals surface area contributed by atoms with E-state index in [-0.39, 0.29) is 5.91 Å². The zero-order valence-electron chi connectivity index (χ0n) is 9.84. The van der Waals surface area contributed by atoms with Crippen LogP contribution < -0.4 is 4.72 Å². The van der Waals surface area contributed by atoms with Crippen LogP contribution in [0.5, 0.6) is 0 Å². The number of rotatable bonds is 5. The van der Waals surface area contributed by atoms with Gasteiger partial charge in [0.05, 0.1) is 0 Å². The molecule has 0 fully saturated rings. The molecular weight excluding hydrogens is 240 g/mol. The normalized spacial score (nSPS) is 10.3. The Morgan fingerprint density at radius 2 is 1.71 bits per heavy atom. The summed E-state index contributed by atoms with van der Waals surface area (Å²) in [4.78, 5) is 13.6. The molecule has 0 aliphatic heterocycles. The number of hydrogen-bond acceptors (Lipinski definition) is 3. The van der Waals surface area contributed by atoms with Crippen LogP contribution in [0.3, 0.4) is 0 Å². The largest absolute Gasteiger partial charge is 0.339 e. The van der Waals surface area contributed by atoms with Crippen LogP contribution >= 0.6 is 0 Å². The standard InChI is InChI=1S/C11H16N2O3S/c1-3-13(4-2)11(14)9-5-7-10(8-6-9)12-17(15)16/h5-8,17H,3-4H2,1-2H3,(H,12,15,16). The van der Waals surface area contributed by atoms with Gasteiger partial charge in [0.25, 0.3) is 5.91 Å². The molecular formula is C11H16N2O3S. The Labute approximate surface area is 103 Å². The highest BCUT2D eigenvalue weighted by molar-refractivity contribution is 7.73. The number of carbonyl (C=O) groups is 1. The smallest absolute Gasteiger partial charge is 0.253 e. The lowest BCUT2D eigenvalue weighted by molar-refractivity contribution is 0.0773. The van der Waals surface area contributed by atoms with Crippen molar-refractivity contribution in [2.75, 3.05) is 17.8 Å². The lowest BCUT2D eigenvalue weighted by Crippen LogP contribution is -2.30. The van der Waals surface area contributed by atoms with Gasteiger partial charge in [-0.3, -0.25) is 9.52 Å². The molecule has 0 aliphatic carbocycles. The quantitative estimate of drug-likeness (QED) is 0.775. The second-order valence-electron chi connectivity index (χ2n) is 3.42. The Balaban J connectivity index is 2.83. The van der Waals surface area contributed by atoms with Crippen LogP contribution in [-0.4, -0.2) is 32.3 Å². The third-order valence-electron chi connectivity index (χ3n) is 2.40. The fraction of sp³-hybridized carbons (Fsp3) is 0.364. The highest BCUT2D eigenvalue weighted by Crippen LogP contribution is 2.11. The molecule has 0 aliphatic rings. The van der Waals surface area contributed by atoms with Crippen LogP contribution in [0.4, 0.5) is 5.69 Å². The summed E-state index contributed by atoms with van der Waals surface area (Å²) < 4.78 is 23.1. The number of anilines is 1. The van der Waals surface area contributed by atoms with Crippen LogP contribution in [0, 0.1) is 0 Å². The molecule has 1 aromatic rings. The Bertz CT molecular complexity index is 442. The molecule has 0 spiro atoms. The van der Waals surface area contributed by atoms with Crippen molar-refractivity contribution in [2.24, 2.45) is 0 Å². The fourth-order valence-corrected chi connectivity index (χ4v) is 1.85. The molecule has 0 saturated heterocycles. The molecule has 0 aromatic heterocycles. The van der Waals surface area contributed by atoms with Crippen molar-refractivity contribution >= 4 is 22.5 Å². The third-order valence-corrected chi connectivity index (χ3v) is 2.84. The van der Waals surface area contributed by atoms with Crippen molar-refractivity contribution in [2.45, 2.75) is 13.8 Å². The van der Waals surface area contributed by atoms with Gasteiger partial charge in [0.15, 0.2) is 0 Å². The molecule has 6 heteroatoms. The number of hydrogen-bond donors (Lipinski definition) is 2. The van der Waals surface area contributed by atoms with Crippen LogP contribution in [0.1, 0.15) is 24.2 Å². The molecule has 5 nitrogen and oxygen atoms in total. The summed E-state index contributed by atoms with van der Waals surface area (Å²) in [6.45, 7) is 5.14. The van der Waals surface area contributed by atoms with Gasteiger partial charge in [-0.25, -0.2) is 8.42 Å². The van der Waals surface area contributed by atoms with E-state index in [9.17, 15) is 13.2 Å². The predicted octanol–water partition coefficient (Wildman–Crippen LogP) is 1.11. The number of benzene rings is 1. The lowest BCUT2D eigenvalue weighted by Gasteiger charge is -2.18. The predicted molar refractivity (Wildman–Crippen MR) is 67.6 cm³/mol. The molecule has 0 atom stereocenters. The van der Waals surface area contributed by atoms with Gasteiger partial charge in [-0.05, 0) is 38.1 Å². The summed E-state index contributed by atoms with van der Waals surface area (Å²) in [5.74, 6) is -0.0481. The first-order valence-corrected chi connectivity index (χ1v) is 6.56. The molecule has 0 unspecified atom stereocenters. The zero-order valence-corrected chi connectivity index (χ0v) is 10.7. The molecule has 1 N–H and O–H groups in total. The van der Waals surface area contributed by atoms with E-state index in [0.29, 0.717) is 24.3 Å². The zero-order chi connectivity index (χ0) is 12.8. The summed E-state index contributed by atoms with van der Waals surface area (Å²) in [5.41, 5.74) is 1.01. The minimum atomic E-state index is -2.67. The van der Waals surface area contributed by atoms with Gasteiger partial charge in [0.2, 0.25) is 10.9 Å². The number of nitrogens with one attached hydrogen (secondary N) is 1. The molecule has 1 rings (SSSR count). The molecule has 0 bridgehead atoms. The molecule has 94 valence electrons. The van der Waals surface area contributed by atoms with Gasteiger partial charge in [0.1, 0.15) is 0 Å².